The number of oxazole rings is 1. The van der Waals surface area contributed by atoms with Crippen LogP contribution < -0.4 is 0 Å². The van der Waals surface area contributed by atoms with Crippen LogP contribution in [0, 0.1) is 13.8 Å². The van der Waals surface area contributed by atoms with E-state index in [1.54, 1.807) is 0 Å². The van der Waals surface area contributed by atoms with E-state index in [0.717, 1.165) is 16.8 Å². The van der Waals surface area contributed by atoms with Crippen LogP contribution in [0.5, 0.6) is 0 Å². The van der Waals surface area contributed by atoms with Gasteiger partial charge in [-0.1, -0.05) is 29.8 Å². The molecule has 0 saturated carbocycles. The summed E-state index contributed by atoms with van der Waals surface area (Å²) < 4.78 is 5.16. The van der Waals surface area contributed by atoms with Crippen molar-refractivity contribution in [1.82, 2.24) is 4.98 Å². The van der Waals surface area contributed by atoms with Crippen molar-refractivity contribution < 1.29 is 9.52 Å². The van der Waals surface area contributed by atoms with Crippen LogP contribution in [-0.2, 0) is 0 Å². The summed E-state index contributed by atoms with van der Waals surface area (Å²) in [4.78, 5) is 3.96. The van der Waals surface area contributed by atoms with Crippen LogP contribution in [0.2, 0.25) is 5.09 Å². The number of aliphatic hydroxyl groups excluding tert-OH is 1. The van der Waals surface area contributed by atoms with E-state index in [-0.39, 0.29) is 0 Å². The molecule has 4 heteroatoms. The second-order valence-corrected chi connectivity index (χ2v) is 4.97. The summed E-state index contributed by atoms with van der Waals surface area (Å²) in [5, 5.41) is 11.4. The van der Waals surface area contributed by atoms with Gasteiger partial charge in [0.25, 0.3) is 0 Å². The van der Waals surface area contributed by atoms with Crippen LogP contribution in [0.25, 0.3) is 0 Å². The molecular formula is C16H22LiNO2. The first-order valence-corrected chi connectivity index (χ1v) is 7.24. The van der Waals surface area contributed by atoms with Crippen LogP contribution in [0.15, 0.2) is 35.1 Å². The number of rotatable bonds is 4. The van der Waals surface area contributed by atoms with Crippen molar-refractivity contribution in [2.45, 2.75) is 44.8 Å². The van der Waals surface area contributed by atoms with Crippen molar-refractivity contribution >= 4 is 17.7 Å². The van der Waals surface area contributed by atoms with E-state index < -0.39 is 6.10 Å². The molecule has 1 atom stereocenters. The van der Waals surface area contributed by atoms with Gasteiger partial charge in [-0.3, -0.25) is 0 Å². The summed E-state index contributed by atoms with van der Waals surface area (Å²) >= 11 is 2.21. The molecule has 0 amide bonds. The molecule has 0 radical (unpaired) electrons. The molecule has 0 bridgehead atoms. The minimum atomic E-state index is -0.729. The van der Waals surface area contributed by atoms with Crippen molar-refractivity contribution in [1.29, 1.82) is 0 Å². The fourth-order valence-electron chi connectivity index (χ4n) is 1.92. The van der Waals surface area contributed by atoms with Gasteiger partial charge in [0.2, 0.25) is 0 Å². The van der Waals surface area contributed by atoms with Gasteiger partial charge in [0.15, 0.2) is 12.2 Å². The molecule has 0 fully saturated rings. The van der Waals surface area contributed by atoms with Gasteiger partial charge in [0, 0.05) is 0 Å². The van der Waals surface area contributed by atoms with Crippen molar-refractivity contribution in [2.75, 3.05) is 0 Å². The van der Waals surface area contributed by atoms with Gasteiger partial charge in [0.05, 0.1) is 5.69 Å². The average Bonchev–Trinajstić information content (AvgIpc) is 2.86. The maximum atomic E-state index is 10.1. The number of aromatic nitrogens is 1. The van der Waals surface area contributed by atoms with Gasteiger partial charge in [-0.15, -0.1) is 0 Å². The Morgan fingerprint density at radius 2 is 2.10 bits per heavy atom. The predicted molar refractivity (Wildman–Crippen MR) is 81.9 cm³/mol. The molecule has 2 rings (SSSR count). The Labute approximate surface area is 130 Å². The summed E-state index contributed by atoms with van der Waals surface area (Å²) in [5.41, 5.74) is 2.67. The van der Waals surface area contributed by atoms with Gasteiger partial charge >= 0.3 is 42.6 Å². The van der Waals surface area contributed by atoms with Crippen LogP contribution in [0.4, 0.5) is 0 Å². The zero-order valence-corrected chi connectivity index (χ0v) is 12.9. The minimum absolute atomic E-state index is 0.514. The Morgan fingerprint density at radius 1 is 1.35 bits per heavy atom. The standard InChI is InChI=1S/C12H13NO2.C4H9.Li/c1-8-4-3-5-10(6-8)11(14)12-9(2)13-7-15-12;1-3-4-2;/h3-7,11,14H,1-2H3;1,3-4H2,2H3;. The number of hydrogen-bond donors (Lipinski definition) is 1. The van der Waals surface area contributed by atoms with Crippen molar-refractivity contribution in [3.8, 4) is 0 Å². The van der Waals surface area contributed by atoms with E-state index in [2.05, 4.69) is 29.6 Å². The second kappa shape index (κ2) is 9.02. The molecule has 1 heterocycles. The van der Waals surface area contributed by atoms with E-state index in [1.807, 2.05) is 38.1 Å². The molecule has 0 aliphatic rings. The summed E-state index contributed by atoms with van der Waals surface area (Å²) in [6.07, 6.45) is 3.35. The molecule has 2 aromatic rings. The number of unbranched alkanes of at least 4 members (excludes halogenated alkanes) is 1. The normalized spacial score (nSPS) is 11.7. The fraction of sp³-hybridized carbons (Fsp3) is 0.438. The molecule has 20 heavy (non-hydrogen) atoms. The molecule has 0 spiro atoms. The molecule has 0 saturated heterocycles. The summed E-state index contributed by atoms with van der Waals surface area (Å²) in [7, 11) is 0. The molecule has 1 unspecified atom stereocenters. The predicted octanol–water partition coefficient (Wildman–Crippen LogP) is 3.75. The summed E-state index contributed by atoms with van der Waals surface area (Å²) in [5.74, 6) is 0.514. The Balaban J connectivity index is 0.000000347. The van der Waals surface area contributed by atoms with Crippen LogP contribution >= 0.6 is 0 Å². The Hall–Kier alpha value is -1.01. The summed E-state index contributed by atoms with van der Waals surface area (Å²) in [6.45, 7) is 6.02. The third-order valence-electron chi connectivity index (χ3n) is 3.10. The van der Waals surface area contributed by atoms with Crippen LogP contribution in [-0.4, -0.2) is 27.8 Å². The number of benzene rings is 1. The Bertz CT molecular complexity index is 509. The first-order valence-electron chi connectivity index (χ1n) is 7.24. The van der Waals surface area contributed by atoms with Gasteiger partial charge in [0.1, 0.15) is 6.10 Å². The molecule has 1 aromatic carbocycles. The summed E-state index contributed by atoms with van der Waals surface area (Å²) in [6, 6.07) is 7.72. The van der Waals surface area contributed by atoms with E-state index in [9.17, 15) is 5.11 Å². The Kier molecular flexibility index (Phi) is 7.69. The number of nitrogens with zero attached hydrogens (tertiary/aromatic N) is 1. The van der Waals surface area contributed by atoms with Gasteiger partial charge in [-0.2, -0.15) is 0 Å². The third kappa shape index (κ3) is 5.17. The zero-order valence-electron chi connectivity index (χ0n) is 12.9. The van der Waals surface area contributed by atoms with Gasteiger partial charge in [-0.25, -0.2) is 4.98 Å². The number of aryl methyl sites for hydroxylation is 2. The molecule has 1 N–H and O–H groups in total. The van der Waals surface area contributed by atoms with E-state index in [4.69, 9.17) is 4.42 Å². The molecule has 0 aliphatic carbocycles. The SMILES string of the molecule is Cc1cccc(C(O)c2ocnc2C)c1.[Li][CH2]CCC. The van der Waals surface area contributed by atoms with E-state index >= 15 is 0 Å². The Morgan fingerprint density at radius 3 is 2.55 bits per heavy atom. The fourth-order valence-corrected chi connectivity index (χ4v) is 1.92. The quantitative estimate of drug-likeness (QED) is 0.858. The zero-order chi connectivity index (χ0) is 15.0. The first-order chi connectivity index (χ1) is 9.60. The number of aliphatic hydroxyl groups is 1. The van der Waals surface area contributed by atoms with Gasteiger partial charge < -0.3 is 9.52 Å². The van der Waals surface area contributed by atoms with E-state index in [0.29, 0.717) is 5.76 Å². The van der Waals surface area contributed by atoms with Crippen molar-refractivity contribution in [3.05, 3.63) is 53.2 Å². The molecule has 3 nitrogen and oxygen atoms in total. The monoisotopic (exact) mass is 267 g/mol. The second-order valence-electron chi connectivity index (χ2n) is 4.97. The molecular weight excluding hydrogens is 245 g/mol. The number of hydrogen-bond acceptors (Lipinski definition) is 3. The molecule has 0 aliphatic heterocycles. The van der Waals surface area contributed by atoms with Gasteiger partial charge in [-0.05, 0) is 19.4 Å². The molecule has 1 aromatic heterocycles. The third-order valence-corrected chi connectivity index (χ3v) is 3.10. The molecule has 104 valence electrons. The van der Waals surface area contributed by atoms with Crippen molar-refractivity contribution in [2.24, 2.45) is 0 Å². The van der Waals surface area contributed by atoms with Crippen LogP contribution in [0.1, 0.15) is 48.5 Å². The average molecular weight is 267 g/mol. The van der Waals surface area contributed by atoms with Crippen LogP contribution in [0.3, 0.4) is 0 Å². The first kappa shape index (κ1) is 17.0. The topological polar surface area (TPSA) is 46.3 Å². The maximum absolute atomic E-state index is 10.1. The van der Waals surface area contributed by atoms with Crippen molar-refractivity contribution in [3.63, 3.8) is 0 Å². The van der Waals surface area contributed by atoms with E-state index in [1.165, 1.54) is 24.3 Å².